The summed E-state index contributed by atoms with van der Waals surface area (Å²) in [7, 11) is 2.80. The van der Waals surface area contributed by atoms with E-state index in [1.54, 1.807) is 31.4 Å². The minimum absolute atomic E-state index is 0.191. The van der Waals surface area contributed by atoms with Crippen molar-refractivity contribution in [3.8, 4) is 0 Å². The summed E-state index contributed by atoms with van der Waals surface area (Å²) in [6, 6.07) is 6.39. The van der Waals surface area contributed by atoms with Crippen LogP contribution in [0.1, 0.15) is 12.0 Å². The van der Waals surface area contributed by atoms with Crippen LogP contribution in [0.25, 0.3) is 0 Å². The Morgan fingerprint density at radius 3 is 2.50 bits per heavy atom. The number of ether oxygens (including phenoxy) is 2. The molecule has 0 heterocycles. The van der Waals surface area contributed by atoms with Gasteiger partial charge in [-0.2, -0.15) is 0 Å². The van der Waals surface area contributed by atoms with Crippen LogP contribution in [0.2, 0.25) is 0 Å². The van der Waals surface area contributed by atoms with E-state index < -0.39 is 17.1 Å². The Bertz CT molecular complexity index is 460. The molecule has 0 aliphatic rings. The molecule has 0 aliphatic heterocycles. The molecular formula is C13H17NO5S. The van der Waals surface area contributed by atoms with Crippen LogP contribution < -0.4 is 0 Å². The number of esters is 1. The molecule has 1 rings (SSSR count). The monoisotopic (exact) mass is 299 g/mol. The molecule has 1 aromatic rings. The second-order valence-corrected chi connectivity index (χ2v) is 5.43. The number of carbonyl (C=O) groups excluding carboxylic acids is 1. The predicted molar refractivity (Wildman–Crippen MR) is 74.5 cm³/mol. The fraction of sp³-hybridized carbons (Fsp3) is 0.385. The summed E-state index contributed by atoms with van der Waals surface area (Å²) < 4.78 is 21.3. The topological polar surface area (TPSA) is 91.2 Å². The second kappa shape index (κ2) is 8.57. The zero-order valence-electron chi connectivity index (χ0n) is 11.4. The van der Waals surface area contributed by atoms with Crippen LogP contribution in [-0.2, 0) is 25.4 Å². The average Bonchev–Trinajstić information content (AvgIpc) is 2.48. The highest BCUT2D eigenvalue weighted by atomic mass is 32.2. The Kier molecular flexibility index (Phi) is 7.06. The minimum Gasteiger partial charge on any atom is -0.611 e. The van der Waals surface area contributed by atoms with Gasteiger partial charge in [0.05, 0.1) is 13.7 Å². The maximum atomic E-state index is 11.9. The lowest BCUT2D eigenvalue weighted by atomic mass is 10.1. The zero-order chi connectivity index (χ0) is 15.0. The van der Waals surface area contributed by atoms with E-state index in [4.69, 9.17) is 9.94 Å². The van der Waals surface area contributed by atoms with Crippen molar-refractivity contribution in [3.63, 3.8) is 0 Å². The van der Waals surface area contributed by atoms with Gasteiger partial charge in [0.2, 0.25) is 0 Å². The molecule has 1 N–H and O–H groups in total. The van der Waals surface area contributed by atoms with Crippen LogP contribution in [0.15, 0.2) is 34.3 Å². The summed E-state index contributed by atoms with van der Waals surface area (Å²) in [6.45, 7) is 0.563. The van der Waals surface area contributed by atoms with Gasteiger partial charge in [0.1, 0.15) is 5.75 Å². The third-order valence-corrected chi connectivity index (χ3v) is 4.00. The van der Waals surface area contributed by atoms with Crippen molar-refractivity contribution < 1.29 is 24.0 Å². The van der Waals surface area contributed by atoms with Crippen LogP contribution in [0, 0.1) is 0 Å². The Hall–Kier alpha value is -1.57. The van der Waals surface area contributed by atoms with Crippen molar-refractivity contribution in [1.82, 2.24) is 0 Å². The van der Waals surface area contributed by atoms with Gasteiger partial charge in [-0.05, 0) is 35.4 Å². The minimum atomic E-state index is -1.12. The molecule has 1 atom stereocenters. The van der Waals surface area contributed by atoms with Crippen molar-refractivity contribution >= 4 is 22.9 Å². The lowest BCUT2D eigenvalue weighted by Gasteiger charge is -2.10. The fourth-order valence-electron chi connectivity index (χ4n) is 1.53. The lowest BCUT2D eigenvalue weighted by molar-refractivity contribution is -0.132. The van der Waals surface area contributed by atoms with E-state index in [1.165, 1.54) is 7.11 Å². The normalized spacial score (nSPS) is 13.1. The highest BCUT2D eigenvalue weighted by Crippen LogP contribution is 2.14. The molecular weight excluding hydrogens is 282 g/mol. The van der Waals surface area contributed by atoms with E-state index in [2.05, 4.69) is 9.89 Å². The molecule has 0 radical (unpaired) electrons. The van der Waals surface area contributed by atoms with E-state index in [-0.39, 0.29) is 5.71 Å². The van der Waals surface area contributed by atoms with E-state index in [1.807, 2.05) is 0 Å². The standard InChI is InChI=1S/C13H17NO5S/c1-18-8-3-9-20(17)11-6-4-10(5-7-11)12(14-16)13(15)19-2/h4-7,16H,3,8-9H2,1-2H3/b14-12+. The number of benzene rings is 1. The summed E-state index contributed by atoms with van der Waals surface area (Å²) in [5, 5.41) is 11.7. The quantitative estimate of drug-likeness (QED) is 0.204. The molecule has 110 valence electrons. The molecule has 0 saturated carbocycles. The zero-order valence-corrected chi connectivity index (χ0v) is 12.2. The molecule has 6 nitrogen and oxygen atoms in total. The highest BCUT2D eigenvalue weighted by molar-refractivity contribution is 7.91. The van der Waals surface area contributed by atoms with E-state index >= 15 is 0 Å². The Balaban J connectivity index is 2.75. The summed E-state index contributed by atoms with van der Waals surface area (Å²) in [5.41, 5.74) is 0.209. The van der Waals surface area contributed by atoms with Crippen molar-refractivity contribution in [3.05, 3.63) is 29.8 Å². The van der Waals surface area contributed by atoms with Gasteiger partial charge in [0.25, 0.3) is 0 Å². The smallest absolute Gasteiger partial charge is 0.360 e. The summed E-state index contributed by atoms with van der Waals surface area (Å²) in [5.74, 6) is -0.230. The molecule has 0 fully saturated rings. The number of carbonyl (C=O) groups is 1. The molecule has 20 heavy (non-hydrogen) atoms. The van der Waals surface area contributed by atoms with Crippen LogP contribution in [-0.4, -0.2) is 48.0 Å². The lowest BCUT2D eigenvalue weighted by Crippen LogP contribution is -2.17. The molecule has 1 unspecified atom stereocenters. The number of nitrogens with zero attached hydrogens (tertiary/aromatic N) is 1. The van der Waals surface area contributed by atoms with Crippen LogP contribution >= 0.6 is 0 Å². The average molecular weight is 299 g/mol. The molecule has 0 aromatic heterocycles. The second-order valence-electron chi connectivity index (χ2n) is 3.86. The van der Waals surface area contributed by atoms with Crippen molar-refractivity contribution in [2.24, 2.45) is 5.16 Å². The molecule has 0 bridgehead atoms. The van der Waals surface area contributed by atoms with E-state index in [0.29, 0.717) is 29.2 Å². The third kappa shape index (κ3) is 4.52. The first kappa shape index (κ1) is 16.5. The summed E-state index contributed by atoms with van der Waals surface area (Å²) in [4.78, 5) is 12.0. The number of hydrogen-bond donors (Lipinski definition) is 1. The molecule has 0 amide bonds. The SMILES string of the molecule is COCCC[S+]([O-])c1ccc(/C(=N\O)C(=O)OC)cc1. The predicted octanol–water partition coefficient (Wildman–Crippen LogP) is 1.18. The van der Waals surface area contributed by atoms with Crippen LogP contribution in [0.4, 0.5) is 0 Å². The molecule has 0 spiro atoms. The maximum Gasteiger partial charge on any atom is 0.360 e. The Morgan fingerprint density at radius 1 is 1.35 bits per heavy atom. The molecule has 1 aromatic carbocycles. The summed E-state index contributed by atoms with van der Waals surface area (Å²) in [6.07, 6.45) is 0.705. The van der Waals surface area contributed by atoms with Crippen LogP contribution in [0.5, 0.6) is 0 Å². The largest absolute Gasteiger partial charge is 0.611 e. The van der Waals surface area contributed by atoms with Gasteiger partial charge in [-0.3, -0.25) is 0 Å². The van der Waals surface area contributed by atoms with E-state index in [0.717, 1.165) is 0 Å². The van der Waals surface area contributed by atoms with Crippen molar-refractivity contribution in [1.29, 1.82) is 0 Å². The van der Waals surface area contributed by atoms with Gasteiger partial charge in [0.15, 0.2) is 10.6 Å². The third-order valence-electron chi connectivity index (χ3n) is 2.55. The summed E-state index contributed by atoms with van der Waals surface area (Å²) >= 11 is -1.12. The molecule has 0 saturated heterocycles. The fourth-order valence-corrected chi connectivity index (χ4v) is 2.59. The first-order valence-corrected chi connectivity index (χ1v) is 7.24. The van der Waals surface area contributed by atoms with Gasteiger partial charge in [-0.1, -0.05) is 5.16 Å². The Morgan fingerprint density at radius 2 is 2.00 bits per heavy atom. The Labute approximate surface area is 120 Å². The number of oxime groups is 1. The first-order valence-electron chi connectivity index (χ1n) is 5.92. The molecule has 0 aliphatic carbocycles. The van der Waals surface area contributed by atoms with Crippen molar-refractivity contribution in [2.45, 2.75) is 11.3 Å². The first-order chi connectivity index (χ1) is 9.63. The molecule has 7 heteroatoms. The van der Waals surface area contributed by atoms with Gasteiger partial charge in [-0.15, -0.1) is 0 Å². The number of methoxy groups -OCH3 is 2. The highest BCUT2D eigenvalue weighted by Gasteiger charge is 2.17. The number of rotatable bonds is 7. The van der Waals surface area contributed by atoms with Gasteiger partial charge < -0.3 is 19.2 Å². The van der Waals surface area contributed by atoms with Gasteiger partial charge in [-0.25, -0.2) is 4.79 Å². The van der Waals surface area contributed by atoms with Crippen molar-refractivity contribution in [2.75, 3.05) is 26.6 Å². The van der Waals surface area contributed by atoms with Crippen LogP contribution in [0.3, 0.4) is 0 Å². The number of hydrogen-bond acceptors (Lipinski definition) is 6. The van der Waals surface area contributed by atoms with Gasteiger partial charge >= 0.3 is 5.97 Å². The maximum absolute atomic E-state index is 11.9. The van der Waals surface area contributed by atoms with E-state index in [9.17, 15) is 9.35 Å². The van der Waals surface area contributed by atoms with Gasteiger partial charge in [0, 0.05) is 19.1 Å².